The van der Waals surface area contributed by atoms with Crippen molar-refractivity contribution in [2.24, 2.45) is 17.8 Å². The number of nitrogens with zero attached hydrogens (tertiary/aromatic N) is 2. The molecule has 2 aliphatic rings. The predicted molar refractivity (Wildman–Crippen MR) is 111 cm³/mol. The van der Waals surface area contributed by atoms with Crippen molar-refractivity contribution < 1.29 is 9.59 Å². The normalized spacial score (nSPS) is 25.8. The van der Waals surface area contributed by atoms with Crippen LogP contribution in [0, 0.1) is 17.8 Å². The van der Waals surface area contributed by atoms with Gasteiger partial charge in [-0.25, -0.2) is 4.98 Å². The Hall–Kier alpha value is -2.18. The smallest absolute Gasteiger partial charge is 0.271 e. The largest absolute Gasteiger partial charge is 0.349 e. The monoisotopic (exact) mass is 432 g/mol. The molecule has 8 heteroatoms. The highest BCUT2D eigenvalue weighted by atomic mass is 35.5. The van der Waals surface area contributed by atoms with Gasteiger partial charge in [0, 0.05) is 22.7 Å². The summed E-state index contributed by atoms with van der Waals surface area (Å²) in [6, 6.07) is 7.19. The van der Waals surface area contributed by atoms with Gasteiger partial charge in [-0.15, -0.1) is 0 Å². The second-order valence-electron chi connectivity index (χ2n) is 7.77. The van der Waals surface area contributed by atoms with E-state index in [1.54, 1.807) is 24.3 Å². The third-order valence-corrected chi connectivity index (χ3v) is 6.45. The second-order valence-corrected chi connectivity index (χ2v) is 8.59. The Labute approximate surface area is 179 Å². The number of nitrogens with one attached hydrogen (secondary N) is 2. The Morgan fingerprint density at radius 2 is 1.79 bits per heavy atom. The van der Waals surface area contributed by atoms with Crippen molar-refractivity contribution in [2.75, 3.05) is 0 Å². The summed E-state index contributed by atoms with van der Waals surface area (Å²) in [6.07, 6.45) is 5.53. The molecule has 2 amide bonds. The molecule has 4 rings (SSSR count). The summed E-state index contributed by atoms with van der Waals surface area (Å²) in [6.45, 7) is 2.10. The van der Waals surface area contributed by atoms with E-state index in [0.29, 0.717) is 28.3 Å². The summed E-state index contributed by atoms with van der Waals surface area (Å²) in [7, 11) is 0. The van der Waals surface area contributed by atoms with E-state index in [1.807, 2.05) is 0 Å². The molecule has 2 aliphatic carbocycles. The molecule has 2 fully saturated rings. The molecule has 0 spiro atoms. The summed E-state index contributed by atoms with van der Waals surface area (Å²) in [4.78, 5) is 32.8. The molecule has 1 heterocycles. The zero-order chi connectivity index (χ0) is 20.5. The van der Waals surface area contributed by atoms with Gasteiger partial charge < -0.3 is 10.6 Å². The molecule has 1 aromatic carbocycles. The van der Waals surface area contributed by atoms with E-state index < -0.39 is 0 Å². The number of rotatable bonds is 6. The van der Waals surface area contributed by atoms with Gasteiger partial charge >= 0.3 is 0 Å². The molecule has 2 saturated carbocycles. The summed E-state index contributed by atoms with van der Waals surface area (Å²) >= 11 is 11.7. The summed E-state index contributed by atoms with van der Waals surface area (Å²) < 4.78 is 0. The fourth-order valence-corrected chi connectivity index (χ4v) is 4.91. The lowest BCUT2D eigenvalue weighted by molar-refractivity contribution is 0.0926. The van der Waals surface area contributed by atoms with Gasteiger partial charge in [-0.05, 0) is 61.3 Å². The molecule has 5 atom stereocenters. The molecule has 0 aliphatic heterocycles. The Balaban J connectivity index is 1.30. The molecule has 1 aromatic heterocycles. The van der Waals surface area contributed by atoms with Gasteiger partial charge in [-0.1, -0.05) is 30.1 Å². The van der Waals surface area contributed by atoms with Crippen molar-refractivity contribution in [1.29, 1.82) is 0 Å². The van der Waals surface area contributed by atoms with E-state index in [4.69, 9.17) is 23.2 Å². The van der Waals surface area contributed by atoms with Crippen LogP contribution in [0.25, 0.3) is 0 Å². The quantitative estimate of drug-likeness (QED) is 0.727. The number of carbonyl (C=O) groups is 2. The van der Waals surface area contributed by atoms with E-state index in [0.717, 1.165) is 19.3 Å². The van der Waals surface area contributed by atoms with E-state index in [-0.39, 0.29) is 34.7 Å². The first-order valence-electron chi connectivity index (χ1n) is 9.81. The highest BCUT2D eigenvalue weighted by molar-refractivity contribution is 6.30. The number of amides is 2. The SMILES string of the molecule is CCC(NC(=O)c1ccc(Cl)cc1)[C@H]1[C@@H]2C[C@@H](NC(=O)c3cncc(Cl)n3)C[C@@H]21. The minimum Gasteiger partial charge on any atom is -0.349 e. The van der Waals surface area contributed by atoms with Gasteiger partial charge in [0.15, 0.2) is 0 Å². The van der Waals surface area contributed by atoms with E-state index in [2.05, 4.69) is 27.5 Å². The molecule has 2 aromatic rings. The number of hydrogen-bond donors (Lipinski definition) is 2. The van der Waals surface area contributed by atoms with Crippen LogP contribution in [0.5, 0.6) is 0 Å². The van der Waals surface area contributed by atoms with Crippen LogP contribution in [-0.4, -0.2) is 33.9 Å². The van der Waals surface area contributed by atoms with Crippen molar-refractivity contribution >= 4 is 35.0 Å². The van der Waals surface area contributed by atoms with Gasteiger partial charge in [0.25, 0.3) is 11.8 Å². The number of hydrogen-bond acceptors (Lipinski definition) is 4. The van der Waals surface area contributed by atoms with Crippen molar-refractivity contribution in [3.05, 3.63) is 58.1 Å². The van der Waals surface area contributed by atoms with Crippen LogP contribution in [0.15, 0.2) is 36.7 Å². The lowest BCUT2D eigenvalue weighted by Gasteiger charge is -2.22. The second kappa shape index (κ2) is 8.28. The minimum absolute atomic E-state index is 0.0668. The zero-order valence-electron chi connectivity index (χ0n) is 15.9. The van der Waals surface area contributed by atoms with Gasteiger partial charge in [-0.3, -0.25) is 14.6 Å². The molecule has 0 saturated heterocycles. The van der Waals surface area contributed by atoms with E-state index in [1.165, 1.54) is 12.4 Å². The molecule has 0 bridgehead atoms. The maximum absolute atomic E-state index is 12.5. The van der Waals surface area contributed by atoms with Crippen LogP contribution >= 0.6 is 23.2 Å². The number of halogens is 2. The highest BCUT2D eigenvalue weighted by Crippen LogP contribution is 2.59. The number of fused-ring (bicyclic) bond motifs is 1. The van der Waals surface area contributed by atoms with Crippen LogP contribution in [0.2, 0.25) is 10.2 Å². The lowest BCUT2D eigenvalue weighted by Crippen LogP contribution is -2.39. The topological polar surface area (TPSA) is 84.0 Å². The average Bonchev–Trinajstić information content (AvgIpc) is 3.20. The Kier molecular flexibility index (Phi) is 5.74. The first kappa shape index (κ1) is 20.1. The number of carbonyl (C=O) groups excluding carboxylic acids is 2. The fourth-order valence-electron chi connectivity index (χ4n) is 4.64. The summed E-state index contributed by atoms with van der Waals surface area (Å²) in [5, 5.41) is 7.03. The van der Waals surface area contributed by atoms with Gasteiger partial charge in [0.2, 0.25) is 0 Å². The molecule has 1 unspecified atom stereocenters. The van der Waals surface area contributed by atoms with Crippen LogP contribution < -0.4 is 10.6 Å². The molecular weight excluding hydrogens is 411 g/mol. The zero-order valence-corrected chi connectivity index (χ0v) is 17.5. The molecule has 29 heavy (non-hydrogen) atoms. The van der Waals surface area contributed by atoms with Crippen LogP contribution in [0.3, 0.4) is 0 Å². The lowest BCUT2D eigenvalue weighted by atomic mass is 9.99. The molecule has 152 valence electrons. The average molecular weight is 433 g/mol. The third kappa shape index (κ3) is 4.38. The van der Waals surface area contributed by atoms with E-state index >= 15 is 0 Å². The third-order valence-electron chi connectivity index (χ3n) is 6.01. The van der Waals surface area contributed by atoms with Crippen molar-refractivity contribution in [1.82, 2.24) is 20.6 Å². The standard InChI is InChI=1S/C21H22Cl2N4O2/c1-2-16(27-20(28)11-3-5-12(22)6-4-11)19-14-7-13(8-15(14)19)25-21(29)17-9-24-10-18(23)26-17/h3-6,9-10,13-16,19H,2,7-8H2,1H3,(H,25,29)(H,27,28)/t13-,14-,15+,16?,19+. The van der Waals surface area contributed by atoms with Crippen molar-refractivity contribution in [3.8, 4) is 0 Å². The van der Waals surface area contributed by atoms with Gasteiger partial charge in [0.1, 0.15) is 10.8 Å². The van der Waals surface area contributed by atoms with Crippen LogP contribution in [0.4, 0.5) is 0 Å². The Morgan fingerprint density at radius 3 is 2.41 bits per heavy atom. The minimum atomic E-state index is -0.245. The van der Waals surface area contributed by atoms with Crippen molar-refractivity contribution in [2.45, 2.75) is 38.3 Å². The first-order chi connectivity index (χ1) is 14.0. The van der Waals surface area contributed by atoms with E-state index in [9.17, 15) is 9.59 Å². The van der Waals surface area contributed by atoms with Gasteiger partial charge in [-0.2, -0.15) is 0 Å². The molecule has 2 N–H and O–H groups in total. The van der Waals surface area contributed by atoms with Crippen LogP contribution in [-0.2, 0) is 0 Å². The van der Waals surface area contributed by atoms with Gasteiger partial charge in [0.05, 0.1) is 12.4 Å². The molecule has 0 radical (unpaired) electrons. The summed E-state index contributed by atoms with van der Waals surface area (Å²) in [5.74, 6) is 1.21. The Morgan fingerprint density at radius 1 is 1.10 bits per heavy atom. The molecule has 6 nitrogen and oxygen atoms in total. The number of benzene rings is 1. The fraction of sp³-hybridized carbons (Fsp3) is 0.429. The number of aromatic nitrogens is 2. The summed E-state index contributed by atoms with van der Waals surface area (Å²) in [5.41, 5.74) is 0.850. The highest BCUT2D eigenvalue weighted by Gasteiger charge is 2.58. The maximum atomic E-state index is 12.5. The van der Waals surface area contributed by atoms with Crippen molar-refractivity contribution in [3.63, 3.8) is 0 Å². The first-order valence-corrected chi connectivity index (χ1v) is 10.6. The Bertz CT molecular complexity index is 909. The maximum Gasteiger partial charge on any atom is 0.271 e. The van der Waals surface area contributed by atoms with Crippen LogP contribution in [0.1, 0.15) is 47.0 Å². The predicted octanol–water partition coefficient (Wildman–Crippen LogP) is 3.75. The molecular formula is C21H22Cl2N4O2.